The van der Waals surface area contributed by atoms with Gasteiger partial charge in [0.15, 0.2) is 0 Å². The summed E-state index contributed by atoms with van der Waals surface area (Å²) in [4.78, 5) is 9.68. The zero-order valence-electron chi connectivity index (χ0n) is 10.4. The Balaban J connectivity index is 2.76. The number of nitro groups is 1. The van der Waals surface area contributed by atoms with Crippen molar-refractivity contribution in [2.45, 2.75) is 26.8 Å². The summed E-state index contributed by atoms with van der Waals surface area (Å²) >= 11 is 0. The molecule has 6 heteroatoms. The molecule has 1 atom stereocenters. The molecule has 0 aliphatic heterocycles. The maximum atomic E-state index is 13.4. The van der Waals surface area contributed by atoms with E-state index in [0.717, 1.165) is 12.5 Å². The number of nitrogens with one attached hydrogen (secondary N) is 1. The van der Waals surface area contributed by atoms with Crippen LogP contribution in [0.25, 0.3) is 0 Å². The maximum absolute atomic E-state index is 13.4. The fourth-order valence-electron chi connectivity index (χ4n) is 1.45. The van der Waals surface area contributed by atoms with Crippen LogP contribution < -0.4 is 5.32 Å². The Morgan fingerprint density at radius 1 is 1.39 bits per heavy atom. The molecule has 100 valence electrons. The Morgan fingerprint density at radius 3 is 2.61 bits per heavy atom. The lowest BCUT2D eigenvalue weighted by Gasteiger charge is -2.10. The van der Waals surface area contributed by atoms with Crippen molar-refractivity contribution < 1.29 is 13.7 Å². The fraction of sp³-hybridized carbons (Fsp3) is 0.500. The van der Waals surface area contributed by atoms with Gasteiger partial charge in [-0.15, -0.1) is 0 Å². The minimum Gasteiger partial charge on any atom is -0.312 e. The molecular formula is C12H16F2N2O2. The minimum atomic E-state index is -1.15. The lowest BCUT2D eigenvalue weighted by Crippen LogP contribution is -2.21. The summed E-state index contributed by atoms with van der Waals surface area (Å²) in [6.07, 6.45) is 0.985. The summed E-state index contributed by atoms with van der Waals surface area (Å²) in [5.41, 5.74) is -0.594. The predicted octanol–water partition coefficient (Wildman–Crippen LogP) is 3.01. The molecule has 0 saturated heterocycles. The van der Waals surface area contributed by atoms with Crippen LogP contribution in [0.4, 0.5) is 14.5 Å². The number of hydrogen-bond acceptors (Lipinski definition) is 3. The quantitative estimate of drug-likeness (QED) is 0.630. The molecule has 1 aromatic rings. The normalized spacial score (nSPS) is 12.4. The van der Waals surface area contributed by atoms with Gasteiger partial charge in [-0.2, -0.15) is 4.39 Å². The van der Waals surface area contributed by atoms with Crippen molar-refractivity contribution in [2.75, 3.05) is 6.54 Å². The Kier molecular flexibility index (Phi) is 5.15. The van der Waals surface area contributed by atoms with Crippen LogP contribution in [0.3, 0.4) is 0 Å². The molecule has 0 aliphatic rings. The van der Waals surface area contributed by atoms with Gasteiger partial charge in [0.25, 0.3) is 0 Å². The molecule has 0 bridgehead atoms. The van der Waals surface area contributed by atoms with Crippen molar-refractivity contribution in [3.8, 4) is 0 Å². The highest BCUT2D eigenvalue weighted by Gasteiger charge is 2.18. The van der Waals surface area contributed by atoms with E-state index in [9.17, 15) is 18.9 Å². The summed E-state index contributed by atoms with van der Waals surface area (Å²) in [6.45, 7) is 4.91. The molecule has 0 saturated carbocycles. The number of hydrogen-bond donors (Lipinski definition) is 1. The molecule has 4 nitrogen and oxygen atoms in total. The first-order chi connectivity index (χ1) is 8.45. The number of rotatable bonds is 6. The van der Waals surface area contributed by atoms with E-state index < -0.39 is 22.2 Å². The summed E-state index contributed by atoms with van der Waals surface area (Å²) in [5, 5.41) is 13.5. The van der Waals surface area contributed by atoms with Gasteiger partial charge in [-0.25, -0.2) is 4.39 Å². The zero-order chi connectivity index (χ0) is 13.7. The van der Waals surface area contributed by atoms with Crippen molar-refractivity contribution in [1.82, 2.24) is 5.32 Å². The second-order valence-electron chi connectivity index (χ2n) is 4.30. The molecule has 1 aromatic carbocycles. The molecular weight excluding hydrogens is 242 g/mol. The first kappa shape index (κ1) is 14.5. The van der Waals surface area contributed by atoms with Gasteiger partial charge in [-0.3, -0.25) is 10.1 Å². The molecule has 0 radical (unpaired) electrons. The number of halogens is 2. The molecule has 0 amide bonds. The lowest BCUT2D eigenvalue weighted by molar-refractivity contribution is -0.387. The van der Waals surface area contributed by atoms with E-state index in [0.29, 0.717) is 18.5 Å². The number of benzene rings is 1. The smallest absolute Gasteiger partial charge is 0.305 e. The lowest BCUT2D eigenvalue weighted by atomic mass is 10.1. The van der Waals surface area contributed by atoms with E-state index >= 15 is 0 Å². The Morgan fingerprint density at radius 2 is 2.06 bits per heavy atom. The Bertz CT molecular complexity index is 438. The van der Waals surface area contributed by atoms with Crippen molar-refractivity contribution >= 4 is 5.69 Å². The highest BCUT2D eigenvalue weighted by Crippen LogP contribution is 2.21. The first-order valence-corrected chi connectivity index (χ1v) is 5.78. The highest BCUT2D eigenvalue weighted by molar-refractivity contribution is 5.37. The molecule has 1 unspecified atom stereocenters. The Labute approximate surface area is 104 Å². The van der Waals surface area contributed by atoms with Crippen LogP contribution in [0, 0.1) is 27.7 Å². The van der Waals surface area contributed by atoms with Gasteiger partial charge < -0.3 is 5.32 Å². The van der Waals surface area contributed by atoms with Gasteiger partial charge in [-0.1, -0.05) is 20.3 Å². The summed E-state index contributed by atoms with van der Waals surface area (Å²) in [6, 6.07) is 1.49. The van der Waals surface area contributed by atoms with Crippen molar-refractivity contribution in [3.63, 3.8) is 0 Å². The van der Waals surface area contributed by atoms with E-state index in [1.165, 1.54) is 0 Å². The van der Waals surface area contributed by atoms with Crippen molar-refractivity contribution in [3.05, 3.63) is 39.4 Å². The van der Waals surface area contributed by atoms with Crippen LogP contribution in [0.2, 0.25) is 0 Å². The third-order valence-electron chi connectivity index (χ3n) is 2.82. The predicted molar refractivity (Wildman–Crippen MR) is 64.2 cm³/mol. The molecule has 0 aromatic heterocycles. The molecule has 0 heterocycles. The van der Waals surface area contributed by atoms with Crippen LogP contribution in [0.15, 0.2) is 12.1 Å². The molecule has 0 aliphatic carbocycles. The maximum Gasteiger partial charge on any atom is 0.305 e. The monoisotopic (exact) mass is 258 g/mol. The van der Waals surface area contributed by atoms with Gasteiger partial charge in [0.05, 0.1) is 4.92 Å². The highest BCUT2D eigenvalue weighted by atomic mass is 19.1. The SMILES string of the molecule is CCC(C)CNCc1cc([N+](=O)[O-])c(F)cc1F. The van der Waals surface area contributed by atoms with Gasteiger partial charge in [0, 0.05) is 24.2 Å². The molecule has 1 N–H and O–H groups in total. The van der Waals surface area contributed by atoms with Gasteiger partial charge in [0.2, 0.25) is 5.82 Å². The number of nitro benzene ring substituents is 1. The molecule has 18 heavy (non-hydrogen) atoms. The first-order valence-electron chi connectivity index (χ1n) is 5.78. The largest absolute Gasteiger partial charge is 0.312 e. The fourth-order valence-corrected chi connectivity index (χ4v) is 1.45. The van der Waals surface area contributed by atoms with Crippen LogP contribution in [-0.4, -0.2) is 11.5 Å². The standard InChI is InChI=1S/C12H16F2N2O2/c1-3-8(2)6-15-7-9-4-12(16(17)18)11(14)5-10(9)13/h4-5,8,15H,3,6-7H2,1-2H3. The van der Waals surface area contributed by atoms with Crippen molar-refractivity contribution in [2.24, 2.45) is 5.92 Å². The third kappa shape index (κ3) is 3.73. The van der Waals surface area contributed by atoms with E-state index in [1.54, 1.807) is 0 Å². The second-order valence-corrected chi connectivity index (χ2v) is 4.30. The van der Waals surface area contributed by atoms with Crippen LogP contribution in [0.1, 0.15) is 25.8 Å². The van der Waals surface area contributed by atoms with Crippen LogP contribution >= 0.6 is 0 Å². The summed E-state index contributed by atoms with van der Waals surface area (Å²) in [5.74, 6) is -1.48. The minimum absolute atomic E-state index is 0.103. The average Bonchev–Trinajstić information content (AvgIpc) is 2.31. The van der Waals surface area contributed by atoms with E-state index in [1.807, 2.05) is 13.8 Å². The number of nitrogens with zero attached hydrogens (tertiary/aromatic N) is 1. The van der Waals surface area contributed by atoms with E-state index in [-0.39, 0.29) is 12.1 Å². The summed E-state index contributed by atoms with van der Waals surface area (Å²) < 4.78 is 26.5. The second kappa shape index (κ2) is 6.39. The van der Waals surface area contributed by atoms with Crippen molar-refractivity contribution in [1.29, 1.82) is 0 Å². The zero-order valence-corrected chi connectivity index (χ0v) is 10.4. The molecule has 0 fully saturated rings. The van der Waals surface area contributed by atoms with Gasteiger partial charge >= 0.3 is 5.69 Å². The topological polar surface area (TPSA) is 55.2 Å². The van der Waals surface area contributed by atoms with Gasteiger partial charge in [-0.05, 0) is 12.5 Å². The summed E-state index contributed by atoms with van der Waals surface area (Å²) in [7, 11) is 0. The van der Waals surface area contributed by atoms with E-state index in [2.05, 4.69) is 5.32 Å². The Hall–Kier alpha value is -1.56. The molecule has 0 spiro atoms. The van der Waals surface area contributed by atoms with Crippen LogP contribution in [-0.2, 0) is 6.54 Å². The van der Waals surface area contributed by atoms with Crippen LogP contribution in [0.5, 0.6) is 0 Å². The molecule has 1 rings (SSSR count). The third-order valence-corrected chi connectivity index (χ3v) is 2.82. The van der Waals surface area contributed by atoms with Gasteiger partial charge in [0.1, 0.15) is 5.82 Å². The average molecular weight is 258 g/mol. The van der Waals surface area contributed by atoms with E-state index in [4.69, 9.17) is 0 Å².